The van der Waals surface area contributed by atoms with Gasteiger partial charge < -0.3 is 34.9 Å². The van der Waals surface area contributed by atoms with E-state index in [0.717, 1.165) is 0 Å². The summed E-state index contributed by atoms with van der Waals surface area (Å²) in [5.74, 6) is -8.43. The number of hydrogen-bond acceptors (Lipinski definition) is 6. The van der Waals surface area contributed by atoms with Crippen molar-refractivity contribution in [3.05, 3.63) is 25.3 Å². The molecule has 3 atom stereocenters. The fraction of sp³-hybridized carbons (Fsp3) is 0.455. The Morgan fingerprint density at radius 1 is 1.00 bits per heavy atom. The van der Waals surface area contributed by atoms with Gasteiger partial charge in [-0.3, -0.25) is 13.9 Å². The molecule has 0 fully saturated rings. The fourth-order valence-electron chi connectivity index (χ4n) is 2.05. The maximum absolute atomic E-state index is 11.6. The van der Waals surface area contributed by atoms with Crippen LogP contribution in [0.4, 0.5) is 0 Å². The topological polar surface area (TPSA) is 213 Å². The van der Waals surface area contributed by atoms with E-state index in [0.29, 0.717) is 12.2 Å². The summed E-state index contributed by atoms with van der Waals surface area (Å²) < 4.78 is 23.3. The van der Waals surface area contributed by atoms with Gasteiger partial charge in [-0.2, -0.15) is 0 Å². The van der Waals surface area contributed by atoms with E-state index >= 15 is 0 Å². The van der Waals surface area contributed by atoms with Crippen LogP contribution in [-0.4, -0.2) is 69.0 Å². The first-order valence-electron chi connectivity index (χ1n) is 6.44. The van der Waals surface area contributed by atoms with Crippen molar-refractivity contribution in [2.45, 2.75) is 30.1 Å². The minimum atomic E-state index is -5.31. The zero-order valence-corrected chi connectivity index (χ0v) is 14.5. The van der Waals surface area contributed by atoms with Gasteiger partial charge in [-0.15, -0.1) is 13.2 Å². The highest BCUT2D eigenvalue weighted by atomic mass is 31.2. The number of aliphatic hydroxyl groups is 1. The van der Waals surface area contributed by atoms with Crippen LogP contribution in [0.1, 0.15) is 12.8 Å². The lowest BCUT2D eigenvalue weighted by Crippen LogP contribution is -2.61. The van der Waals surface area contributed by atoms with Gasteiger partial charge in [-0.25, -0.2) is 9.69 Å². The molecule has 0 saturated heterocycles. The molecular weight excluding hydrogens is 384 g/mol. The third kappa shape index (κ3) is 5.84. The van der Waals surface area contributed by atoms with Crippen molar-refractivity contribution in [1.29, 1.82) is 0 Å². The maximum Gasteiger partial charge on any atom is 0.351 e. The van der Waals surface area contributed by atoms with Crippen molar-refractivity contribution in [2.24, 2.45) is 0 Å². The van der Waals surface area contributed by atoms with Crippen molar-refractivity contribution in [2.75, 3.05) is 0 Å². The molecule has 12 nitrogen and oxygen atoms in total. The van der Waals surface area contributed by atoms with Crippen molar-refractivity contribution in [1.82, 2.24) is 4.90 Å². The quantitative estimate of drug-likeness (QED) is 0.130. The van der Waals surface area contributed by atoms with Gasteiger partial charge in [0.05, 0.1) is 6.42 Å². The lowest BCUT2D eigenvalue weighted by atomic mass is 10.0. The second-order valence-electron chi connectivity index (χ2n) is 4.90. The molecule has 0 radical (unpaired) electrons. The zero-order chi connectivity index (χ0) is 20.2. The van der Waals surface area contributed by atoms with Gasteiger partial charge in [-0.1, -0.05) is 12.2 Å². The summed E-state index contributed by atoms with van der Waals surface area (Å²) in [4.78, 5) is 59.6. The van der Waals surface area contributed by atoms with E-state index in [9.17, 15) is 48.5 Å². The molecule has 0 rings (SSSR count). The third-order valence-electron chi connectivity index (χ3n) is 3.14. The van der Waals surface area contributed by atoms with Gasteiger partial charge in [-0.05, 0) is 0 Å². The molecule has 0 saturated carbocycles. The molecule has 14 heteroatoms. The monoisotopic (exact) mass is 403 g/mol. The Morgan fingerprint density at radius 2 is 1.36 bits per heavy atom. The summed E-state index contributed by atoms with van der Waals surface area (Å²) in [5, 5.41) is 28.4. The number of rotatable bonds is 11. The Morgan fingerprint density at radius 3 is 1.56 bits per heavy atom. The van der Waals surface area contributed by atoms with Crippen LogP contribution >= 0.6 is 15.2 Å². The molecule has 0 heterocycles. The predicted octanol–water partition coefficient (Wildman–Crippen LogP) is -0.694. The number of carboxylic acid groups (broad SMARTS) is 2. The van der Waals surface area contributed by atoms with Crippen molar-refractivity contribution in [3.8, 4) is 0 Å². The van der Waals surface area contributed by atoms with Crippen LogP contribution < -0.4 is 0 Å². The van der Waals surface area contributed by atoms with Crippen LogP contribution in [-0.2, 0) is 18.7 Å². The molecule has 3 unspecified atom stereocenters. The average Bonchev–Trinajstić information content (AvgIpc) is 2.41. The average molecular weight is 403 g/mol. The lowest BCUT2D eigenvalue weighted by molar-refractivity contribution is -0.187. The molecule has 0 amide bonds. The van der Waals surface area contributed by atoms with Crippen molar-refractivity contribution in [3.63, 3.8) is 0 Å². The number of carbonyl (C=O) groups is 2. The van der Waals surface area contributed by atoms with E-state index < -0.39 is 57.3 Å². The molecular formula is C11H19NO11P2. The third-order valence-corrected chi connectivity index (χ3v) is 5.44. The second-order valence-corrected chi connectivity index (χ2v) is 8.31. The second kappa shape index (κ2) is 8.35. The SMILES string of the molecule is C=CC(N(C(C=C)P(=O)(O)O)C(O)(CCC(=O)O)C(=O)O)P(=O)(O)O. The molecule has 0 aliphatic rings. The van der Waals surface area contributed by atoms with E-state index in [4.69, 9.17) is 5.11 Å². The Balaban J connectivity index is 6.60. The molecule has 0 aliphatic heterocycles. The Kier molecular flexibility index (Phi) is 7.89. The standard InChI is InChI=1S/C11H19NO11P2/c1-3-7(24(18,19)20)12(8(4-2)25(21,22)23)11(17,10(15)16)6-5-9(13)14/h3-4,7-8,17H,1-2,5-6H2,(H,13,14)(H,15,16)(H2,18,19,20)(H2,21,22,23). The molecule has 0 aromatic rings. The molecule has 144 valence electrons. The molecule has 0 bridgehead atoms. The molecule has 0 aliphatic carbocycles. The first-order valence-corrected chi connectivity index (χ1v) is 9.80. The summed E-state index contributed by atoms with van der Waals surface area (Å²) >= 11 is 0. The van der Waals surface area contributed by atoms with Gasteiger partial charge in [0, 0.05) is 6.42 Å². The normalized spacial score (nSPS) is 17.4. The van der Waals surface area contributed by atoms with Gasteiger partial charge in [0.25, 0.3) is 0 Å². The molecule has 7 N–H and O–H groups in total. The molecule has 0 spiro atoms. The van der Waals surface area contributed by atoms with E-state index in [1.807, 2.05) is 0 Å². The van der Waals surface area contributed by atoms with Crippen LogP contribution in [0, 0.1) is 0 Å². The summed E-state index contributed by atoms with van der Waals surface area (Å²) in [6.07, 6.45) is -1.13. The Hall–Kier alpha value is -1.36. The zero-order valence-electron chi connectivity index (χ0n) is 12.7. The first kappa shape index (κ1) is 23.6. The summed E-state index contributed by atoms with van der Waals surface area (Å²) in [6.45, 7) is 6.15. The van der Waals surface area contributed by atoms with Crippen LogP contribution in [0.15, 0.2) is 25.3 Å². The smallest absolute Gasteiger partial charge is 0.351 e. The van der Waals surface area contributed by atoms with Crippen LogP contribution in [0.2, 0.25) is 0 Å². The van der Waals surface area contributed by atoms with Crippen molar-refractivity contribution < 1.29 is 53.6 Å². The van der Waals surface area contributed by atoms with Gasteiger partial charge in [0.1, 0.15) is 11.6 Å². The van der Waals surface area contributed by atoms with E-state index in [2.05, 4.69) is 13.2 Å². The molecule has 25 heavy (non-hydrogen) atoms. The van der Waals surface area contributed by atoms with E-state index in [1.54, 1.807) is 0 Å². The largest absolute Gasteiger partial charge is 0.481 e. The van der Waals surface area contributed by atoms with Gasteiger partial charge in [0.2, 0.25) is 5.72 Å². The van der Waals surface area contributed by atoms with Crippen LogP contribution in [0.3, 0.4) is 0 Å². The summed E-state index contributed by atoms with van der Waals surface area (Å²) in [7, 11) is -10.6. The molecule has 0 aromatic heterocycles. The maximum atomic E-state index is 11.6. The van der Waals surface area contributed by atoms with Crippen molar-refractivity contribution >= 4 is 27.1 Å². The summed E-state index contributed by atoms with van der Waals surface area (Å²) in [6, 6.07) is 0. The summed E-state index contributed by atoms with van der Waals surface area (Å²) in [5.41, 5.74) is -3.35. The van der Waals surface area contributed by atoms with Gasteiger partial charge in [0.15, 0.2) is 0 Å². The predicted molar refractivity (Wildman–Crippen MR) is 83.4 cm³/mol. The highest BCUT2D eigenvalue weighted by Crippen LogP contribution is 2.53. The van der Waals surface area contributed by atoms with Crippen LogP contribution in [0.5, 0.6) is 0 Å². The van der Waals surface area contributed by atoms with E-state index in [1.165, 1.54) is 0 Å². The van der Waals surface area contributed by atoms with Gasteiger partial charge >= 0.3 is 27.1 Å². The minimum absolute atomic E-state index is 0.0835. The highest BCUT2D eigenvalue weighted by molar-refractivity contribution is 7.53. The van der Waals surface area contributed by atoms with E-state index in [-0.39, 0.29) is 4.90 Å². The number of nitrogens with zero attached hydrogens (tertiary/aromatic N) is 1. The number of hydrogen-bond donors (Lipinski definition) is 7. The Bertz CT molecular complexity index is 604. The first-order chi connectivity index (χ1) is 11.1. The fourth-order valence-corrected chi connectivity index (χ4v) is 4.02. The lowest BCUT2D eigenvalue weighted by Gasteiger charge is -2.43. The molecule has 0 aromatic carbocycles. The highest BCUT2D eigenvalue weighted by Gasteiger charge is 2.55. The number of aliphatic carboxylic acids is 2. The minimum Gasteiger partial charge on any atom is -0.481 e. The van der Waals surface area contributed by atoms with Crippen LogP contribution in [0.25, 0.3) is 0 Å². The number of carboxylic acids is 2. The Labute approximate surface area is 142 Å².